The van der Waals surface area contributed by atoms with E-state index in [0.717, 1.165) is 32.1 Å². The van der Waals surface area contributed by atoms with E-state index in [1.807, 2.05) is 0 Å². The van der Waals surface area contributed by atoms with Crippen LogP contribution in [0.4, 0.5) is 0 Å². The highest BCUT2D eigenvalue weighted by Crippen LogP contribution is 2.68. The Bertz CT molecular complexity index is 615. The van der Waals surface area contributed by atoms with Crippen molar-refractivity contribution in [3.05, 3.63) is 0 Å². The molecule has 4 aliphatic rings. The number of rotatable bonds is 1. The normalized spacial score (nSPS) is 55.2. The summed E-state index contributed by atoms with van der Waals surface area (Å²) in [5.41, 5.74) is -1.55. The van der Waals surface area contributed by atoms with E-state index in [0.29, 0.717) is 42.8 Å². The molecule has 0 heterocycles. The number of hydrogen-bond donors (Lipinski definition) is 2. The summed E-state index contributed by atoms with van der Waals surface area (Å²) in [5, 5.41) is 22.0. The third-order valence-corrected chi connectivity index (χ3v) is 9.23. The number of aliphatic hydroxyl groups is 2. The van der Waals surface area contributed by atoms with Gasteiger partial charge in [0.25, 0.3) is 0 Å². The molecular weight excluding hydrogens is 316 g/mol. The first-order valence-corrected chi connectivity index (χ1v) is 10.1. The van der Waals surface area contributed by atoms with E-state index in [9.17, 15) is 19.8 Å². The van der Waals surface area contributed by atoms with Crippen molar-refractivity contribution in [2.24, 2.45) is 34.5 Å². The Kier molecular flexibility index (Phi) is 3.81. The second-order valence-electron chi connectivity index (χ2n) is 9.95. The zero-order valence-corrected chi connectivity index (χ0v) is 15.8. The van der Waals surface area contributed by atoms with Crippen LogP contribution < -0.4 is 0 Å². The molecule has 4 rings (SSSR count). The fourth-order valence-electron chi connectivity index (χ4n) is 7.68. The van der Waals surface area contributed by atoms with Gasteiger partial charge in [-0.05, 0) is 74.5 Å². The zero-order valence-electron chi connectivity index (χ0n) is 15.8. The lowest BCUT2D eigenvalue weighted by Crippen LogP contribution is -2.60. The van der Waals surface area contributed by atoms with Crippen molar-refractivity contribution in [1.29, 1.82) is 0 Å². The summed E-state index contributed by atoms with van der Waals surface area (Å²) in [6.07, 6.45) is 5.66. The van der Waals surface area contributed by atoms with Crippen molar-refractivity contribution in [2.45, 2.75) is 83.8 Å². The Morgan fingerprint density at radius 1 is 1.08 bits per heavy atom. The van der Waals surface area contributed by atoms with E-state index in [2.05, 4.69) is 13.8 Å². The maximum atomic E-state index is 12.2. The van der Waals surface area contributed by atoms with Gasteiger partial charge in [0, 0.05) is 18.3 Å². The minimum atomic E-state index is -1.20. The number of hydrogen-bond acceptors (Lipinski definition) is 4. The van der Waals surface area contributed by atoms with Crippen LogP contribution in [-0.2, 0) is 9.59 Å². The second kappa shape index (κ2) is 5.39. The molecule has 0 saturated heterocycles. The van der Waals surface area contributed by atoms with Crippen molar-refractivity contribution < 1.29 is 19.8 Å². The van der Waals surface area contributed by atoms with Gasteiger partial charge < -0.3 is 10.2 Å². The Balaban J connectivity index is 1.69. The van der Waals surface area contributed by atoms with Crippen molar-refractivity contribution >= 4 is 11.6 Å². The van der Waals surface area contributed by atoms with Gasteiger partial charge in [-0.3, -0.25) is 9.59 Å². The van der Waals surface area contributed by atoms with E-state index in [1.54, 1.807) is 0 Å². The summed E-state index contributed by atoms with van der Waals surface area (Å²) >= 11 is 0. The third-order valence-electron chi connectivity index (χ3n) is 9.23. The van der Waals surface area contributed by atoms with Gasteiger partial charge in [-0.2, -0.15) is 0 Å². The second-order valence-corrected chi connectivity index (χ2v) is 9.95. The molecule has 0 radical (unpaired) electrons. The Labute approximate surface area is 150 Å². The molecule has 4 fully saturated rings. The lowest BCUT2D eigenvalue weighted by Gasteiger charge is -2.61. The minimum Gasteiger partial charge on any atom is -0.393 e. The number of ketones is 2. The molecule has 140 valence electrons. The van der Waals surface area contributed by atoms with Crippen molar-refractivity contribution in [1.82, 2.24) is 0 Å². The molecule has 4 saturated carbocycles. The predicted octanol–water partition coefficient (Wildman–Crippen LogP) is 2.89. The van der Waals surface area contributed by atoms with Crippen molar-refractivity contribution in [2.75, 3.05) is 0 Å². The Hall–Kier alpha value is -0.740. The SMILES string of the molecule is CC(=O)[C@]1(O)CC[C@@H]2[C@@H]3C[C@@H](O)[C@H]4CC(=O)CC[C@]4(C)[C@H]3CC[C@@]21C. The van der Waals surface area contributed by atoms with Gasteiger partial charge in [0.15, 0.2) is 5.78 Å². The van der Waals surface area contributed by atoms with Gasteiger partial charge in [0.2, 0.25) is 0 Å². The lowest BCUT2D eigenvalue weighted by atomic mass is 9.43. The van der Waals surface area contributed by atoms with Crippen LogP contribution in [0.25, 0.3) is 0 Å². The molecule has 2 N–H and O–H groups in total. The fraction of sp³-hybridized carbons (Fsp3) is 0.905. The van der Waals surface area contributed by atoms with Crippen LogP contribution in [0.3, 0.4) is 0 Å². The molecule has 4 heteroatoms. The van der Waals surface area contributed by atoms with E-state index in [4.69, 9.17) is 0 Å². The molecule has 0 spiro atoms. The quantitative estimate of drug-likeness (QED) is 0.764. The first-order chi connectivity index (χ1) is 11.6. The summed E-state index contributed by atoms with van der Waals surface area (Å²) in [4.78, 5) is 24.2. The lowest BCUT2D eigenvalue weighted by molar-refractivity contribution is -0.184. The highest BCUT2D eigenvalue weighted by atomic mass is 16.3. The van der Waals surface area contributed by atoms with Crippen LogP contribution in [0.5, 0.6) is 0 Å². The van der Waals surface area contributed by atoms with Crippen LogP contribution >= 0.6 is 0 Å². The van der Waals surface area contributed by atoms with Crippen LogP contribution in [0.1, 0.15) is 72.1 Å². The van der Waals surface area contributed by atoms with Gasteiger partial charge in [0.1, 0.15) is 11.4 Å². The molecule has 4 nitrogen and oxygen atoms in total. The molecule has 8 atom stereocenters. The Morgan fingerprint density at radius 2 is 1.76 bits per heavy atom. The summed E-state index contributed by atoms with van der Waals surface area (Å²) in [5.74, 6) is 1.45. The molecule has 0 bridgehead atoms. The van der Waals surface area contributed by atoms with Crippen LogP contribution in [0.15, 0.2) is 0 Å². The fourth-order valence-corrected chi connectivity index (χ4v) is 7.68. The topological polar surface area (TPSA) is 74.6 Å². The average Bonchev–Trinajstić information content (AvgIpc) is 2.83. The van der Waals surface area contributed by atoms with E-state index in [1.165, 1.54) is 6.92 Å². The van der Waals surface area contributed by atoms with Crippen molar-refractivity contribution in [3.63, 3.8) is 0 Å². The molecule has 4 aliphatic carbocycles. The molecular formula is C21H32O4. The highest BCUT2D eigenvalue weighted by Gasteiger charge is 2.67. The first-order valence-electron chi connectivity index (χ1n) is 10.1. The standard InChI is InChI=1S/C21H32O4/c1-12(22)21(25)9-6-16-14-11-18(24)17-10-13(23)4-7-19(17,2)15(14)5-8-20(16,21)3/h14-18,24-25H,4-11H2,1-3H3/t14-,15+,16-,17-,18-,19-,20+,21-/m1/s1. The first kappa shape index (κ1) is 17.7. The highest BCUT2D eigenvalue weighted by molar-refractivity contribution is 5.86. The predicted molar refractivity (Wildman–Crippen MR) is 93.8 cm³/mol. The van der Waals surface area contributed by atoms with Crippen LogP contribution in [0.2, 0.25) is 0 Å². The number of aliphatic hydroxyl groups excluding tert-OH is 1. The number of fused-ring (bicyclic) bond motifs is 5. The summed E-state index contributed by atoms with van der Waals surface area (Å²) in [6.45, 7) is 5.92. The molecule has 25 heavy (non-hydrogen) atoms. The van der Waals surface area contributed by atoms with E-state index >= 15 is 0 Å². The van der Waals surface area contributed by atoms with Crippen molar-refractivity contribution in [3.8, 4) is 0 Å². The third kappa shape index (κ3) is 2.13. The molecule has 0 aromatic heterocycles. The molecule has 0 aromatic carbocycles. The molecule has 0 unspecified atom stereocenters. The maximum absolute atomic E-state index is 12.2. The number of carbonyl (C=O) groups excluding carboxylic acids is 2. The maximum Gasteiger partial charge on any atom is 0.161 e. The van der Waals surface area contributed by atoms with Gasteiger partial charge >= 0.3 is 0 Å². The largest absolute Gasteiger partial charge is 0.393 e. The van der Waals surface area contributed by atoms with Crippen LogP contribution in [-0.4, -0.2) is 33.5 Å². The smallest absolute Gasteiger partial charge is 0.161 e. The van der Waals surface area contributed by atoms with Gasteiger partial charge in [-0.1, -0.05) is 13.8 Å². The Morgan fingerprint density at radius 3 is 2.44 bits per heavy atom. The van der Waals surface area contributed by atoms with Crippen LogP contribution in [0, 0.1) is 34.5 Å². The van der Waals surface area contributed by atoms with Gasteiger partial charge in [-0.15, -0.1) is 0 Å². The minimum absolute atomic E-state index is 0.0223. The van der Waals surface area contributed by atoms with Gasteiger partial charge in [-0.25, -0.2) is 0 Å². The summed E-state index contributed by atoms with van der Waals surface area (Å²) < 4.78 is 0. The summed E-state index contributed by atoms with van der Waals surface area (Å²) in [6, 6.07) is 0. The molecule has 0 aliphatic heterocycles. The number of Topliss-reactive ketones (excluding diaryl/α,β-unsaturated/α-hetero) is 2. The van der Waals surface area contributed by atoms with E-state index in [-0.39, 0.29) is 22.5 Å². The van der Waals surface area contributed by atoms with E-state index < -0.39 is 11.7 Å². The zero-order chi connectivity index (χ0) is 18.2. The summed E-state index contributed by atoms with van der Waals surface area (Å²) in [7, 11) is 0. The molecule has 0 aromatic rings. The molecule has 0 amide bonds. The average molecular weight is 348 g/mol. The monoisotopic (exact) mass is 348 g/mol. The van der Waals surface area contributed by atoms with Gasteiger partial charge in [0.05, 0.1) is 6.10 Å². The number of carbonyl (C=O) groups is 2.